The highest BCUT2D eigenvalue weighted by atomic mass is 35.5. The number of hydrogen-bond donors (Lipinski definition) is 3. The van der Waals surface area contributed by atoms with Gasteiger partial charge in [-0.2, -0.15) is 0 Å². The highest BCUT2D eigenvalue weighted by Crippen LogP contribution is 2.23. The Bertz CT molecular complexity index is 641. The molecule has 0 saturated carbocycles. The van der Waals surface area contributed by atoms with E-state index in [4.69, 9.17) is 16.7 Å². The van der Waals surface area contributed by atoms with Gasteiger partial charge in [0.1, 0.15) is 6.54 Å². The lowest BCUT2D eigenvalue weighted by Crippen LogP contribution is -2.41. The number of nitro groups is 1. The van der Waals surface area contributed by atoms with E-state index in [1.54, 1.807) is 0 Å². The Labute approximate surface area is 150 Å². The van der Waals surface area contributed by atoms with Crippen LogP contribution < -0.4 is 10.9 Å². The predicted molar refractivity (Wildman–Crippen MR) is 93.2 cm³/mol. The SMILES string of the molecule is C1=CCCCC1.O=C(O)CNNC(=O)Cc1ccc(Cl)cc1[N+](=O)[O-]. The molecule has 3 N–H and O–H groups in total. The van der Waals surface area contributed by atoms with Crippen LogP contribution in [0.25, 0.3) is 0 Å². The van der Waals surface area contributed by atoms with E-state index in [9.17, 15) is 19.7 Å². The molecule has 0 aromatic heterocycles. The minimum absolute atomic E-state index is 0.184. The lowest BCUT2D eigenvalue weighted by Gasteiger charge is -2.06. The molecule has 0 atom stereocenters. The molecule has 0 saturated heterocycles. The number of carboxylic acids is 1. The topological polar surface area (TPSA) is 122 Å². The molecule has 1 aliphatic carbocycles. The van der Waals surface area contributed by atoms with E-state index in [0.717, 1.165) is 6.07 Å². The number of carbonyl (C=O) groups excluding carboxylic acids is 1. The Hall–Kier alpha value is -2.45. The van der Waals surface area contributed by atoms with Crippen molar-refractivity contribution in [3.8, 4) is 0 Å². The molecular weight excluding hydrogens is 350 g/mol. The van der Waals surface area contributed by atoms with Crippen LogP contribution in [-0.4, -0.2) is 28.5 Å². The summed E-state index contributed by atoms with van der Waals surface area (Å²) in [6, 6.07) is 3.95. The van der Waals surface area contributed by atoms with Crippen LogP contribution in [0.5, 0.6) is 0 Å². The van der Waals surface area contributed by atoms with Crippen molar-refractivity contribution in [3.05, 3.63) is 51.1 Å². The predicted octanol–water partition coefficient (Wildman–Crippen LogP) is 2.61. The van der Waals surface area contributed by atoms with Gasteiger partial charge in [0.2, 0.25) is 5.91 Å². The first-order chi connectivity index (χ1) is 11.9. The van der Waals surface area contributed by atoms with E-state index in [1.807, 2.05) is 0 Å². The molecule has 25 heavy (non-hydrogen) atoms. The number of nitrogens with one attached hydrogen (secondary N) is 2. The number of hydrazine groups is 1. The number of nitrogens with zero attached hydrogens (tertiary/aromatic N) is 1. The summed E-state index contributed by atoms with van der Waals surface area (Å²) in [6.45, 7) is -0.450. The zero-order chi connectivity index (χ0) is 18.7. The molecule has 0 unspecified atom stereocenters. The Morgan fingerprint density at radius 2 is 1.88 bits per heavy atom. The van der Waals surface area contributed by atoms with Gasteiger partial charge in [-0.3, -0.25) is 25.1 Å². The minimum Gasteiger partial charge on any atom is -0.480 e. The van der Waals surface area contributed by atoms with Gasteiger partial charge >= 0.3 is 5.97 Å². The number of allylic oxidation sites excluding steroid dienone is 2. The number of benzene rings is 1. The largest absolute Gasteiger partial charge is 0.480 e. The van der Waals surface area contributed by atoms with Gasteiger partial charge in [-0.15, -0.1) is 0 Å². The fraction of sp³-hybridized carbons (Fsp3) is 0.375. The lowest BCUT2D eigenvalue weighted by atomic mass is 10.1. The van der Waals surface area contributed by atoms with Crippen LogP contribution >= 0.6 is 11.6 Å². The quantitative estimate of drug-likeness (QED) is 0.402. The fourth-order valence-corrected chi connectivity index (χ4v) is 2.22. The molecule has 0 radical (unpaired) electrons. The third-order valence-corrected chi connectivity index (χ3v) is 3.46. The van der Waals surface area contributed by atoms with Crippen molar-refractivity contribution < 1.29 is 19.6 Å². The lowest BCUT2D eigenvalue weighted by molar-refractivity contribution is -0.385. The molecule has 1 aromatic carbocycles. The van der Waals surface area contributed by atoms with Crippen molar-refractivity contribution in [1.29, 1.82) is 0 Å². The number of halogens is 1. The van der Waals surface area contributed by atoms with Gasteiger partial charge in [-0.1, -0.05) is 29.8 Å². The van der Waals surface area contributed by atoms with Crippen molar-refractivity contribution in [1.82, 2.24) is 10.9 Å². The number of aliphatic carboxylic acids is 1. The molecule has 0 bridgehead atoms. The first kappa shape index (κ1) is 20.6. The van der Waals surface area contributed by atoms with Crippen molar-refractivity contribution >= 4 is 29.2 Å². The third kappa shape index (κ3) is 8.83. The van der Waals surface area contributed by atoms with E-state index in [1.165, 1.54) is 37.8 Å². The third-order valence-electron chi connectivity index (χ3n) is 3.22. The van der Waals surface area contributed by atoms with Gasteiger partial charge < -0.3 is 5.11 Å². The van der Waals surface area contributed by atoms with E-state index >= 15 is 0 Å². The molecule has 2 rings (SSSR count). The van der Waals surface area contributed by atoms with Crippen LogP contribution in [0.3, 0.4) is 0 Å². The molecule has 1 aliphatic rings. The van der Waals surface area contributed by atoms with Gasteiger partial charge in [0.15, 0.2) is 0 Å². The Morgan fingerprint density at radius 3 is 2.36 bits per heavy atom. The standard InChI is InChI=1S/C10H10ClN3O5.C6H10/c11-7-2-1-6(8(4-7)14(18)19)3-9(15)13-12-5-10(16)17;1-2-4-6-5-3-1/h1-2,4,12H,3,5H2,(H,13,15)(H,16,17);1-2H,3-6H2. The average molecular weight is 370 g/mol. The monoisotopic (exact) mass is 369 g/mol. The van der Waals surface area contributed by atoms with E-state index in [-0.39, 0.29) is 22.7 Å². The molecule has 9 heteroatoms. The number of nitro benzene ring substituents is 1. The number of carbonyl (C=O) groups is 2. The summed E-state index contributed by atoms with van der Waals surface area (Å²) >= 11 is 5.63. The van der Waals surface area contributed by atoms with Crippen LogP contribution in [-0.2, 0) is 16.0 Å². The Morgan fingerprint density at radius 1 is 1.24 bits per heavy atom. The number of rotatable bonds is 6. The van der Waals surface area contributed by atoms with E-state index < -0.39 is 23.3 Å². The summed E-state index contributed by atoms with van der Waals surface area (Å²) in [4.78, 5) is 31.8. The van der Waals surface area contributed by atoms with Gasteiger partial charge in [0, 0.05) is 16.7 Å². The minimum atomic E-state index is -1.14. The summed E-state index contributed by atoms with van der Waals surface area (Å²) in [5.41, 5.74) is 4.21. The number of hydrogen-bond acceptors (Lipinski definition) is 5. The maximum Gasteiger partial charge on any atom is 0.319 e. The van der Waals surface area contributed by atoms with Crippen molar-refractivity contribution in [2.75, 3.05) is 6.54 Å². The van der Waals surface area contributed by atoms with Gasteiger partial charge in [-0.05, 0) is 31.7 Å². The van der Waals surface area contributed by atoms with Crippen LogP contribution in [0.15, 0.2) is 30.4 Å². The molecular formula is C16H20ClN3O5. The summed E-state index contributed by atoms with van der Waals surface area (Å²) < 4.78 is 0. The highest BCUT2D eigenvalue weighted by molar-refractivity contribution is 6.30. The van der Waals surface area contributed by atoms with Crippen LogP contribution in [0, 0.1) is 10.1 Å². The molecule has 0 spiro atoms. The summed E-state index contributed by atoms with van der Waals surface area (Å²) in [7, 11) is 0. The Balaban J connectivity index is 0.000000435. The fourth-order valence-electron chi connectivity index (χ4n) is 2.05. The molecule has 136 valence electrons. The number of carboxylic acid groups (broad SMARTS) is 1. The second-order valence-corrected chi connectivity index (χ2v) is 5.69. The summed E-state index contributed by atoms with van der Waals surface area (Å²) in [5.74, 6) is -1.73. The van der Waals surface area contributed by atoms with Gasteiger partial charge in [-0.25, -0.2) is 5.43 Å². The van der Waals surface area contributed by atoms with Crippen molar-refractivity contribution in [2.24, 2.45) is 0 Å². The molecule has 0 heterocycles. The Kier molecular flexibility index (Phi) is 9.20. The van der Waals surface area contributed by atoms with Gasteiger partial charge in [0.25, 0.3) is 5.69 Å². The van der Waals surface area contributed by atoms with E-state index in [0.29, 0.717) is 0 Å². The second kappa shape index (κ2) is 11.2. The zero-order valence-corrected chi connectivity index (χ0v) is 14.3. The number of amides is 1. The first-order valence-corrected chi connectivity index (χ1v) is 8.09. The van der Waals surface area contributed by atoms with Gasteiger partial charge in [0.05, 0.1) is 11.3 Å². The summed E-state index contributed by atoms with van der Waals surface area (Å²) in [6.07, 6.45) is 9.74. The average Bonchev–Trinajstić information content (AvgIpc) is 2.58. The van der Waals surface area contributed by atoms with Crippen LogP contribution in [0.4, 0.5) is 5.69 Å². The highest BCUT2D eigenvalue weighted by Gasteiger charge is 2.16. The summed E-state index contributed by atoms with van der Waals surface area (Å²) in [5, 5.41) is 19.3. The maximum absolute atomic E-state index is 11.4. The van der Waals surface area contributed by atoms with E-state index in [2.05, 4.69) is 23.0 Å². The molecule has 0 aliphatic heterocycles. The van der Waals surface area contributed by atoms with Crippen LogP contribution in [0.1, 0.15) is 31.2 Å². The maximum atomic E-state index is 11.4. The smallest absolute Gasteiger partial charge is 0.319 e. The first-order valence-electron chi connectivity index (χ1n) is 7.71. The van der Waals surface area contributed by atoms with Crippen LogP contribution in [0.2, 0.25) is 5.02 Å². The second-order valence-electron chi connectivity index (χ2n) is 5.26. The molecule has 0 fully saturated rings. The zero-order valence-electron chi connectivity index (χ0n) is 13.5. The molecule has 1 aromatic rings. The van der Waals surface area contributed by atoms with Crippen molar-refractivity contribution in [2.45, 2.75) is 32.1 Å². The van der Waals surface area contributed by atoms with Crippen molar-refractivity contribution in [3.63, 3.8) is 0 Å². The molecule has 8 nitrogen and oxygen atoms in total. The normalized spacial score (nSPS) is 12.7. The molecule has 1 amide bonds.